The Bertz CT molecular complexity index is 1350. The average molecular weight is 469 g/mol. The van der Waals surface area contributed by atoms with Crippen LogP contribution in [0.2, 0.25) is 0 Å². The number of anilines is 2. The molecule has 1 aromatic carbocycles. The van der Waals surface area contributed by atoms with Gasteiger partial charge in [-0.3, -0.25) is 9.69 Å². The van der Waals surface area contributed by atoms with Crippen molar-refractivity contribution in [1.29, 1.82) is 0 Å². The van der Waals surface area contributed by atoms with Crippen molar-refractivity contribution in [2.75, 3.05) is 18.4 Å². The summed E-state index contributed by atoms with van der Waals surface area (Å²) in [6.07, 6.45) is 2.09. The molecular formula is C23H22F3N7O. The highest BCUT2D eigenvalue weighted by Gasteiger charge is 2.40. The van der Waals surface area contributed by atoms with Crippen LogP contribution in [0.25, 0.3) is 16.7 Å². The van der Waals surface area contributed by atoms with E-state index in [4.69, 9.17) is 0 Å². The summed E-state index contributed by atoms with van der Waals surface area (Å²) in [7, 11) is 0. The van der Waals surface area contributed by atoms with Gasteiger partial charge in [-0.05, 0) is 51.1 Å². The molecule has 1 fully saturated rings. The second kappa shape index (κ2) is 8.56. The summed E-state index contributed by atoms with van der Waals surface area (Å²) >= 11 is 0. The molecule has 0 aliphatic carbocycles. The molecule has 176 valence electrons. The van der Waals surface area contributed by atoms with Crippen LogP contribution >= 0.6 is 0 Å². The van der Waals surface area contributed by atoms with Crippen molar-refractivity contribution in [2.24, 2.45) is 0 Å². The first-order chi connectivity index (χ1) is 16.3. The number of hydrogen-bond donors (Lipinski definition) is 2. The Morgan fingerprint density at radius 2 is 2.00 bits per heavy atom. The second-order valence-corrected chi connectivity index (χ2v) is 8.32. The number of carbonyl (C=O) groups excluding carboxylic acids is 1. The highest BCUT2D eigenvalue weighted by molar-refractivity contribution is 6.11. The van der Waals surface area contributed by atoms with E-state index in [2.05, 4.69) is 30.3 Å². The van der Waals surface area contributed by atoms with Gasteiger partial charge in [-0.25, -0.2) is 9.67 Å². The van der Waals surface area contributed by atoms with Crippen molar-refractivity contribution in [3.05, 3.63) is 59.7 Å². The number of Topliss-reactive ketones (excluding diaryl/α,β-unsaturated/α-hetero) is 1. The SMILES string of the molecule is Cc1nn(-c2ccnc(Nc3ccc4[nH]cc(C(=O)C(F)(F)F)c4c3)n2)cc1CN1CCCC1. The Kier molecular flexibility index (Phi) is 5.56. The number of alkyl halides is 3. The van der Waals surface area contributed by atoms with Crippen LogP contribution < -0.4 is 5.32 Å². The number of aromatic amines is 1. The predicted molar refractivity (Wildman–Crippen MR) is 120 cm³/mol. The summed E-state index contributed by atoms with van der Waals surface area (Å²) < 4.78 is 40.5. The van der Waals surface area contributed by atoms with Gasteiger partial charge >= 0.3 is 6.18 Å². The molecular weight excluding hydrogens is 447 g/mol. The molecule has 1 saturated heterocycles. The third-order valence-corrected chi connectivity index (χ3v) is 5.91. The van der Waals surface area contributed by atoms with E-state index in [9.17, 15) is 18.0 Å². The molecule has 0 unspecified atom stereocenters. The Labute approximate surface area is 192 Å². The zero-order valence-electron chi connectivity index (χ0n) is 18.4. The van der Waals surface area contributed by atoms with E-state index in [0.717, 1.165) is 37.1 Å². The van der Waals surface area contributed by atoms with Crippen molar-refractivity contribution in [2.45, 2.75) is 32.5 Å². The molecule has 1 aliphatic rings. The number of rotatable bonds is 6. The quantitative estimate of drug-likeness (QED) is 0.403. The Balaban J connectivity index is 1.39. The molecule has 2 N–H and O–H groups in total. The van der Waals surface area contributed by atoms with E-state index in [-0.39, 0.29) is 11.3 Å². The van der Waals surface area contributed by atoms with Crippen LogP contribution in [-0.4, -0.2) is 54.7 Å². The second-order valence-electron chi connectivity index (χ2n) is 8.32. The molecule has 0 saturated carbocycles. The fourth-order valence-electron chi connectivity index (χ4n) is 4.15. The Morgan fingerprint density at radius 1 is 1.21 bits per heavy atom. The van der Waals surface area contributed by atoms with Gasteiger partial charge < -0.3 is 10.3 Å². The zero-order chi connectivity index (χ0) is 23.9. The molecule has 4 aromatic rings. The van der Waals surface area contributed by atoms with Crippen molar-refractivity contribution in [3.63, 3.8) is 0 Å². The van der Waals surface area contributed by atoms with Gasteiger partial charge in [-0.15, -0.1) is 0 Å². The highest BCUT2D eigenvalue weighted by atomic mass is 19.4. The number of ketones is 1. The maximum atomic E-state index is 12.9. The minimum absolute atomic E-state index is 0.165. The van der Waals surface area contributed by atoms with E-state index in [0.29, 0.717) is 17.0 Å². The van der Waals surface area contributed by atoms with Crippen LogP contribution in [-0.2, 0) is 6.54 Å². The lowest BCUT2D eigenvalue weighted by Gasteiger charge is -2.13. The number of H-pyrrole nitrogens is 1. The summed E-state index contributed by atoms with van der Waals surface area (Å²) in [6.45, 7) is 4.99. The minimum atomic E-state index is -4.95. The topological polar surface area (TPSA) is 91.7 Å². The molecule has 11 heteroatoms. The van der Waals surface area contributed by atoms with Crippen LogP contribution in [0.5, 0.6) is 0 Å². The van der Waals surface area contributed by atoms with Crippen LogP contribution in [0.15, 0.2) is 42.9 Å². The third-order valence-electron chi connectivity index (χ3n) is 5.91. The van der Waals surface area contributed by atoms with E-state index in [1.54, 1.807) is 29.1 Å². The normalized spacial score (nSPS) is 14.7. The lowest BCUT2D eigenvalue weighted by atomic mass is 10.1. The lowest BCUT2D eigenvalue weighted by Crippen LogP contribution is -2.22. The van der Waals surface area contributed by atoms with Crippen LogP contribution in [0.1, 0.15) is 34.5 Å². The molecule has 8 nitrogen and oxygen atoms in total. The maximum absolute atomic E-state index is 12.9. The summed E-state index contributed by atoms with van der Waals surface area (Å²) in [6, 6.07) is 6.46. The van der Waals surface area contributed by atoms with E-state index in [1.165, 1.54) is 18.9 Å². The molecule has 0 spiro atoms. The smallest absolute Gasteiger partial charge is 0.360 e. The number of hydrogen-bond acceptors (Lipinski definition) is 6. The zero-order valence-corrected chi connectivity index (χ0v) is 18.4. The summed E-state index contributed by atoms with van der Waals surface area (Å²) in [5, 5.41) is 7.75. The van der Waals surface area contributed by atoms with Crippen molar-refractivity contribution in [1.82, 2.24) is 29.6 Å². The number of fused-ring (bicyclic) bond motifs is 1. The number of halogens is 3. The number of carbonyl (C=O) groups is 1. The summed E-state index contributed by atoms with van der Waals surface area (Å²) in [5.41, 5.74) is 2.50. The molecule has 0 radical (unpaired) electrons. The number of aryl methyl sites for hydroxylation is 1. The fraction of sp³-hybridized carbons (Fsp3) is 0.304. The van der Waals surface area contributed by atoms with Crippen molar-refractivity contribution in [3.8, 4) is 5.82 Å². The van der Waals surface area contributed by atoms with E-state index in [1.807, 2.05) is 13.1 Å². The van der Waals surface area contributed by atoms with Gasteiger partial charge in [0.25, 0.3) is 5.78 Å². The van der Waals surface area contributed by atoms with Gasteiger partial charge in [0.1, 0.15) is 0 Å². The van der Waals surface area contributed by atoms with Gasteiger partial charge in [-0.2, -0.15) is 23.3 Å². The minimum Gasteiger partial charge on any atom is -0.360 e. The van der Waals surface area contributed by atoms with Gasteiger partial charge in [-0.1, -0.05) is 0 Å². The van der Waals surface area contributed by atoms with Crippen LogP contribution in [0.4, 0.5) is 24.8 Å². The highest BCUT2D eigenvalue weighted by Crippen LogP contribution is 2.29. The third kappa shape index (κ3) is 4.38. The van der Waals surface area contributed by atoms with Crippen LogP contribution in [0.3, 0.4) is 0 Å². The van der Waals surface area contributed by atoms with Gasteiger partial charge in [0.15, 0.2) is 5.82 Å². The fourth-order valence-corrected chi connectivity index (χ4v) is 4.15. The Morgan fingerprint density at radius 3 is 2.76 bits per heavy atom. The first-order valence-corrected chi connectivity index (χ1v) is 10.9. The molecule has 0 bridgehead atoms. The molecule has 3 aromatic heterocycles. The van der Waals surface area contributed by atoms with E-state index < -0.39 is 17.5 Å². The average Bonchev–Trinajstić information content (AvgIpc) is 3.54. The molecule has 34 heavy (non-hydrogen) atoms. The molecule has 5 rings (SSSR count). The van der Waals surface area contributed by atoms with Gasteiger partial charge in [0.2, 0.25) is 5.95 Å². The number of nitrogens with one attached hydrogen (secondary N) is 2. The van der Waals surface area contributed by atoms with Crippen molar-refractivity contribution < 1.29 is 18.0 Å². The summed E-state index contributed by atoms with van der Waals surface area (Å²) in [4.78, 5) is 25.6. The number of likely N-dealkylation sites (tertiary alicyclic amines) is 1. The van der Waals surface area contributed by atoms with Gasteiger partial charge in [0, 0.05) is 53.4 Å². The maximum Gasteiger partial charge on any atom is 0.454 e. The monoisotopic (exact) mass is 469 g/mol. The molecule has 0 amide bonds. The lowest BCUT2D eigenvalue weighted by molar-refractivity contribution is -0.0884. The first kappa shape index (κ1) is 22.1. The molecule has 4 heterocycles. The van der Waals surface area contributed by atoms with Gasteiger partial charge in [0.05, 0.1) is 11.3 Å². The molecule has 1 aliphatic heterocycles. The number of nitrogens with zero attached hydrogens (tertiary/aromatic N) is 5. The number of aromatic nitrogens is 5. The summed E-state index contributed by atoms with van der Waals surface area (Å²) in [5.74, 6) is -1.08. The number of benzene rings is 1. The van der Waals surface area contributed by atoms with Crippen molar-refractivity contribution >= 4 is 28.3 Å². The van der Waals surface area contributed by atoms with Crippen LogP contribution in [0, 0.1) is 6.92 Å². The Hall–Kier alpha value is -3.73. The first-order valence-electron chi connectivity index (χ1n) is 10.9. The predicted octanol–water partition coefficient (Wildman–Crippen LogP) is 4.54. The standard InChI is InChI=1S/C23H22F3N7O/c1-14-15(12-32-8-2-3-9-32)13-33(31-14)20-6-7-27-22(30-20)29-16-4-5-19-17(10-16)18(11-28-19)21(34)23(24,25)26/h4-7,10-11,13,28H,2-3,8-9,12H2,1H3,(H,27,29,30). The largest absolute Gasteiger partial charge is 0.454 e. The van der Waals surface area contributed by atoms with E-state index >= 15 is 0 Å². The molecule has 0 atom stereocenters.